The van der Waals surface area contributed by atoms with Crippen molar-refractivity contribution in [3.05, 3.63) is 35.9 Å². The van der Waals surface area contributed by atoms with Crippen LogP contribution in [0.5, 0.6) is 0 Å². The van der Waals surface area contributed by atoms with Crippen LogP contribution >= 0.6 is 0 Å². The van der Waals surface area contributed by atoms with Gasteiger partial charge in [-0.15, -0.1) is 5.10 Å². The number of halogens is 7. The van der Waals surface area contributed by atoms with Crippen molar-refractivity contribution in [1.82, 2.24) is 0 Å². The Kier molecular flexibility index (Phi) is 4.59. The van der Waals surface area contributed by atoms with Crippen molar-refractivity contribution in [3.63, 3.8) is 0 Å². The highest BCUT2D eigenvalue weighted by atomic mass is 19.4. The zero-order valence-corrected chi connectivity index (χ0v) is 10.1. The summed E-state index contributed by atoms with van der Waals surface area (Å²) in [5, 5.41) is 5.47. The number of benzene rings is 1. The molecule has 0 atom stereocenters. The van der Waals surface area contributed by atoms with Crippen LogP contribution in [0.4, 0.5) is 30.7 Å². The summed E-state index contributed by atoms with van der Waals surface area (Å²) in [6.45, 7) is 0. The maximum atomic E-state index is 13.0. The molecular weight excluding hydrogens is 307 g/mol. The lowest BCUT2D eigenvalue weighted by atomic mass is 10.1. The van der Waals surface area contributed by atoms with Gasteiger partial charge in [-0.1, -0.05) is 30.3 Å². The average molecular weight is 315 g/mol. The third kappa shape index (κ3) is 3.50. The summed E-state index contributed by atoms with van der Waals surface area (Å²) in [4.78, 5) is 0. The minimum absolute atomic E-state index is 0.361. The molecule has 2 N–H and O–H groups in total. The standard InChI is InChI=1S/C11H8F7N3/c12-9(13,10(14,15)11(16,17)18)8(19)21-20-6-7-4-2-1-3-5-7/h1-6H,(H2,19,21). The molecule has 10 heteroatoms. The molecule has 1 aromatic carbocycles. The van der Waals surface area contributed by atoms with Crippen LogP contribution in [0.3, 0.4) is 0 Å². The van der Waals surface area contributed by atoms with Gasteiger partial charge in [-0.05, 0) is 5.56 Å². The first-order chi connectivity index (χ1) is 9.50. The first kappa shape index (κ1) is 16.9. The van der Waals surface area contributed by atoms with Gasteiger partial charge in [0.05, 0.1) is 6.21 Å². The Hall–Kier alpha value is -2.13. The van der Waals surface area contributed by atoms with E-state index in [1.807, 2.05) is 0 Å². The Morgan fingerprint density at radius 3 is 1.95 bits per heavy atom. The van der Waals surface area contributed by atoms with E-state index in [1.165, 1.54) is 12.1 Å². The number of nitrogens with two attached hydrogens (primary N) is 1. The smallest absolute Gasteiger partial charge is 0.380 e. The SMILES string of the molecule is NC(=NN=Cc1ccccc1)C(F)(F)C(F)(F)C(F)(F)F. The van der Waals surface area contributed by atoms with Crippen LogP contribution in [0.25, 0.3) is 0 Å². The van der Waals surface area contributed by atoms with E-state index in [9.17, 15) is 30.7 Å². The molecule has 0 aromatic heterocycles. The fourth-order valence-electron chi connectivity index (χ4n) is 1.10. The number of hydrogen-bond acceptors (Lipinski definition) is 2. The summed E-state index contributed by atoms with van der Waals surface area (Å²) >= 11 is 0. The number of nitrogens with zero attached hydrogens (tertiary/aromatic N) is 2. The maximum absolute atomic E-state index is 13.0. The molecule has 1 aromatic rings. The van der Waals surface area contributed by atoms with E-state index in [4.69, 9.17) is 0 Å². The molecule has 0 bridgehead atoms. The normalized spacial score (nSPS) is 14.7. The first-order valence-electron chi connectivity index (χ1n) is 5.24. The highest BCUT2D eigenvalue weighted by molar-refractivity contribution is 5.89. The molecule has 0 fully saturated rings. The molecule has 0 amide bonds. The Balaban J connectivity index is 2.98. The summed E-state index contributed by atoms with van der Waals surface area (Å²) in [7, 11) is 0. The second-order valence-electron chi connectivity index (χ2n) is 3.79. The fourth-order valence-corrected chi connectivity index (χ4v) is 1.10. The second kappa shape index (κ2) is 5.70. The van der Waals surface area contributed by atoms with Crippen LogP contribution < -0.4 is 5.73 Å². The Morgan fingerprint density at radius 1 is 0.952 bits per heavy atom. The van der Waals surface area contributed by atoms with Gasteiger partial charge in [0.25, 0.3) is 0 Å². The molecule has 21 heavy (non-hydrogen) atoms. The lowest BCUT2D eigenvalue weighted by Crippen LogP contribution is -2.58. The molecule has 0 aliphatic carbocycles. The number of hydrogen-bond donors (Lipinski definition) is 1. The van der Waals surface area contributed by atoms with E-state index in [-0.39, 0.29) is 0 Å². The average Bonchev–Trinajstić information content (AvgIpc) is 2.38. The predicted octanol–water partition coefficient (Wildman–Crippen LogP) is 3.21. The molecule has 0 heterocycles. The van der Waals surface area contributed by atoms with Crippen molar-refractivity contribution in [2.24, 2.45) is 15.9 Å². The zero-order valence-electron chi connectivity index (χ0n) is 10.1. The Morgan fingerprint density at radius 2 is 1.48 bits per heavy atom. The van der Waals surface area contributed by atoms with E-state index in [0.29, 0.717) is 5.56 Å². The van der Waals surface area contributed by atoms with E-state index in [2.05, 4.69) is 15.9 Å². The minimum atomic E-state index is -6.47. The zero-order chi connectivity index (χ0) is 16.3. The van der Waals surface area contributed by atoms with Gasteiger partial charge < -0.3 is 5.73 Å². The Labute approximate surface area is 114 Å². The third-order valence-corrected chi connectivity index (χ3v) is 2.24. The van der Waals surface area contributed by atoms with Gasteiger partial charge in [-0.2, -0.15) is 35.8 Å². The molecule has 0 saturated carbocycles. The van der Waals surface area contributed by atoms with Gasteiger partial charge in [0, 0.05) is 0 Å². The molecule has 116 valence electrons. The summed E-state index contributed by atoms with van der Waals surface area (Å²) < 4.78 is 87.0. The van der Waals surface area contributed by atoms with Gasteiger partial charge in [0.1, 0.15) is 0 Å². The number of rotatable bonds is 4. The minimum Gasteiger partial charge on any atom is -0.380 e. The topological polar surface area (TPSA) is 50.7 Å². The molecular formula is C11H8F7N3. The molecule has 0 radical (unpaired) electrons. The third-order valence-electron chi connectivity index (χ3n) is 2.24. The summed E-state index contributed by atoms with van der Waals surface area (Å²) in [6.07, 6.45) is -5.60. The van der Waals surface area contributed by atoms with E-state index in [0.717, 1.165) is 6.21 Å². The van der Waals surface area contributed by atoms with Crippen LogP contribution in [-0.4, -0.2) is 30.1 Å². The lowest BCUT2D eigenvalue weighted by molar-refractivity contribution is -0.336. The lowest BCUT2D eigenvalue weighted by Gasteiger charge is -2.26. The van der Waals surface area contributed by atoms with Crippen molar-refractivity contribution in [3.8, 4) is 0 Å². The molecule has 0 unspecified atom stereocenters. The maximum Gasteiger partial charge on any atom is 0.460 e. The van der Waals surface area contributed by atoms with Crippen molar-refractivity contribution >= 4 is 12.1 Å². The van der Waals surface area contributed by atoms with Crippen molar-refractivity contribution in [2.45, 2.75) is 18.0 Å². The first-order valence-corrected chi connectivity index (χ1v) is 5.24. The van der Waals surface area contributed by atoms with Gasteiger partial charge >= 0.3 is 18.0 Å². The highest BCUT2D eigenvalue weighted by Gasteiger charge is 2.75. The quantitative estimate of drug-likeness (QED) is 0.394. The van der Waals surface area contributed by atoms with Crippen molar-refractivity contribution in [2.75, 3.05) is 0 Å². The van der Waals surface area contributed by atoms with Crippen LogP contribution in [0.15, 0.2) is 40.5 Å². The molecule has 0 aliphatic rings. The predicted molar refractivity (Wildman–Crippen MR) is 61.6 cm³/mol. The van der Waals surface area contributed by atoms with Crippen LogP contribution in [0.1, 0.15) is 5.56 Å². The highest BCUT2D eigenvalue weighted by Crippen LogP contribution is 2.46. The molecule has 0 aliphatic heterocycles. The van der Waals surface area contributed by atoms with Gasteiger partial charge in [-0.25, -0.2) is 0 Å². The molecule has 0 spiro atoms. The Bertz CT molecular complexity index is 534. The largest absolute Gasteiger partial charge is 0.460 e. The summed E-state index contributed by atoms with van der Waals surface area (Å²) in [5.74, 6) is -14.3. The van der Waals surface area contributed by atoms with E-state index < -0.39 is 23.9 Å². The van der Waals surface area contributed by atoms with Gasteiger partial charge in [0.15, 0.2) is 5.84 Å². The van der Waals surface area contributed by atoms with Crippen LogP contribution in [-0.2, 0) is 0 Å². The van der Waals surface area contributed by atoms with Crippen molar-refractivity contribution in [1.29, 1.82) is 0 Å². The summed E-state index contributed by atoms with van der Waals surface area (Å²) in [5.41, 5.74) is 4.87. The van der Waals surface area contributed by atoms with Crippen LogP contribution in [0.2, 0.25) is 0 Å². The molecule has 3 nitrogen and oxygen atoms in total. The van der Waals surface area contributed by atoms with Crippen molar-refractivity contribution < 1.29 is 30.7 Å². The van der Waals surface area contributed by atoms with Gasteiger partial charge in [-0.3, -0.25) is 0 Å². The van der Waals surface area contributed by atoms with E-state index in [1.54, 1.807) is 18.2 Å². The van der Waals surface area contributed by atoms with E-state index >= 15 is 0 Å². The summed E-state index contributed by atoms with van der Waals surface area (Å²) in [6, 6.07) is 7.68. The monoisotopic (exact) mass is 315 g/mol. The molecule has 0 saturated heterocycles. The number of amidine groups is 1. The fraction of sp³-hybridized carbons (Fsp3) is 0.273. The van der Waals surface area contributed by atoms with Crippen LogP contribution in [0, 0.1) is 0 Å². The number of alkyl halides is 7. The molecule has 1 rings (SSSR count). The second-order valence-corrected chi connectivity index (χ2v) is 3.79. The van der Waals surface area contributed by atoms with Gasteiger partial charge in [0.2, 0.25) is 0 Å².